The Labute approximate surface area is 123 Å². The molecular weight excluding hydrogens is 306 g/mol. The van der Waals surface area contributed by atoms with Gasteiger partial charge in [-0.1, -0.05) is 26.2 Å². The predicted octanol–water partition coefficient (Wildman–Crippen LogP) is 5.17. The second-order valence-electron chi connectivity index (χ2n) is 5.34. The van der Waals surface area contributed by atoms with E-state index in [1.807, 2.05) is 11.3 Å². The molecule has 1 aromatic rings. The van der Waals surface area contributed by atoms with Crippen LogP contribution in [0.1, 0.15) is 56.2 Å². The molecule has 18 heavy (non-hydrogen) atoms. The van der Waals surface area contributed by atoms with Crippen LogP contribution in [-0.4, -0.2) is 13.1 Å². The molecule has 0 spiro atoms. The van der Waals surface area contributed by atoms with E-state index in [4.69, 9.17) is 0 Å². The highest BCUT2D eigenvalue weighted by Gasteiger charge is 2.27. The number of hydrogen-bond acceptors (Lipinski definition) is 2. The lowest BCUT2D eigenvalue weighted by Gasteiger charge is -2.25. The van der Waals surface area contributed by atoms with Crippen molar-refractivity contribution in [3.05, 3.63) is 20.8 Å². The zero-order chi connectivity index (χ0) is 12.8. The van der Waals surface area contributed by atoms with Crippen LogP contribution < -0.4 is 5.32 Å². The maximum Gasteiger partial charge on any atom is 0.0317 e. The first-order valence-electron chi connectivity index (χ1n) is 7.26. The van der Waals surface area contributed by atoms with Gasteiger partial charge in [0.15, 0.2) is 0 Å². The summed E-state index contributed by atoms with van der Waals surface area (Å²) in [5.41, 5.74) is 0. The maximum absolute atomic E-state index is 3.73. The van der Waals surface area contributed by atoms with Crippen LogP contribution in [0.25, 0.3) is 0 Å². The van der Waals surface area contributed by atoms with Gasteiger partial charge >= 0.3 is 0 Å². The third-order valence-corrected chi connectivity index (χ3v) is 5.98. The molecule has 0 aliphatic heterocycles. The van der Waals surface area contributed by atoms with Gasteiger partial charge in [-0.25, -0.2) is 0 Å². The highest BCUT2D eigenvalue weighted by Crippen LogP contribution is 2.41. The van der Waals surface area contributed by atoms with Crippen LogP contribution in [0.5, 0.6) is 0 Å². The van der Waals surface area contributed by atoms with Crippen molar-refractivity contribution in [3.63, 3.8) is 0 Å². The highest BCUT2D eigenvalue weighted by molar-refractivity contribution is 9.10. The van der Waals surface area contributed by atoms with Gasteiger partial charge in [0.25, 0.3) is 0 Å². The van der Waals surface area contributed by atoms with Crippen LogP contribution >= 0.6 is 27.3 Å². The number of rotatable bonds is 5. The van der Waals surface area contributed by atoms with E-state index in [0.29, 0.717) is 0 Å². The normalized spacial score (nSPS) is 25.0. The zero-order valence-corrected chi connectivity index (χ0v) is 13.7. The summed E-state index contributed by atoms with van der Waals surface area (Å²) in [7, 11) is 0. The molecule has 1 fully saturated rings. The Kier molecular flexibility index (Phi) is 6.19. The summed E-state index contributed by atoms with van der Waals surface area (Å²) >= 11 is 5.66. The summed E-state index contributed by atoms with van der Waals surface area (Å²) in [6.07, 6.45) is 8.24. The molecule has 0 saturated heterocycles. The molecule has 102 valence electrons. The molecule has 0 aromatic carbocycles. The molecule has 2 atom stereocenters. The number of hydrogen-bond donors (Lipinski definition) is 1. The Morgan fingerprint density at radius 2 is 2.17 bits per heavy atom. The highest BCUT2D eigenvalue weighted by atomic mass is 79.9. The first kappa shape index (κ1) is 14.5. The lowest BCUT2D eigenvalue weighted by atomic mass is 9.86. The average Bonchev–Trinajstić information content (AvgIpc) is 2.65. The van der Waals surface area contributed by atoms with E-state index in [0.717, 1.165) is 18.4 Å². The second kappa shape index (κ2) is 7.66. The van der Waals surface area contributed by atoms with E-state index in [1.54, 1.807) is 4.88 Å². The van der Waals surface area contributed by atoms with E-state index < -0.39 is 0 Å². The third kappa shape index (κ3) is 3.82. The van der Waals surface area contributed by atoms with Crippen molar-refractivity contribution in [1.29, 1.82) is 0 Å². The minimum absolute atomic E-state index is 0.770. The Morgan fingerprint density at radius 1 is 1.33 bits per heavy atom. The standard InChI is InChI=1S/C15H24BrNS/c1-2-9-17-11-12-6-4-3-5-7-13(12)15-14(16)8-10-18-15/h8,10,12-13,17H,2-7,9,11H2,1H3. The van der Waals surface area contributed by atoms with Crippen LogP contribution in [0.4, 0.5) is 0 Å². The lowest BCUT2D eigenvalue weighted by Crippen LogP contribution is -2.27. The number of thiophene rings is 1. The number of halogens is 1. The molecule has 3 heteroatoms. The van der Waals surface area contributed by atoms with Gasteiger partial charge in [0.1, 0.15) is 0 Å². The monoisotopic (exact) mass is 329 g/mol. The zero-order valence-electron chi connectivity index (χ0n) is 11.3. The summed E-state index contributed by atoms with van der Waals surface area (Å²) in [6.45, 7) is 4.60. The van der Waals surface area contributed by atoms with E-state index in [9.17, 15) is 0 Å². The molecule has 1 N–H and O–H groups in total. The van der Waals surface area contributed by atoms with Crippen LogP contribution in [-0.2, 0) is 0 Å². The molecule has 1 saturated carbocycles. The average molecular weight is 330 g/mol. The molecule has 1 aromatic heterocycles. The van der Waals surface area contributed by atoms with Crippen LogP contribution in [0.3, 0.4) is 0 Å². The molecule has 2 unspecified atom stereocenters. The van der Waals surface area contributed by atoms with Crippen molar-refractivity contribution < 1.29 is 0 Å². The summed E-state index contributed by atoms with van der Waals surface area (Å²) < 4.78 is 1.33. The summed E-state index contributed by atoms with van der Waals surface area (Å²) in [6, 6.07) is 2.21. The fraction of sp³-hybridized carbons (Fsp3) is 0.733. The summed E-state index contributed by atoms with van der Waals surface area (Å²) in [5, 5.41) is 5.86. The van der Waals surface area contributed by atoms with Gasteiger partial charge in [-0.2, -0.15) is 0 Å². The Balaban J connectivity index is 2.04. The van der Waals surface area contributed by atoms with Crippen molar-refractivity contribution >= 4 is 27.3 Å². The van der Waals surface area contributed by atoms with Gasteiger partial charge in [0.05, 0.1) is 0 Å². The van der Waals surface area contributed by atoms with Crippen LogP contribution in [0, 0.1) is 5.92 Å². The molecule has 0 amide bonds. The quantitative estimate of drug-likeness (QED) is 0.580. The van der Waals surface area contributed by atoms with Gasteiger partial charge in [0.2, 0.25) is 0 Å². The smallest absolute Gasteiger partial charge is 0.0317 e. The van der Waals surface area contributed by atoms with Gasteiger partial charge in [0, 0.05) is 9.35 Å². The van der Waals surface area contributed by atoms with Crippen molar-refractivity contribution in [1.82, 2.24) is 5.32 Å². The first-order valence-corrected chi connectivity index (χ1v) is 8.93. The van der Waals surface area contributed by atoms with Crippen molar-refractivity contribution in [2.24, 2.45) is 5.92 Å². The molecule has 0 radical (unpaired) electrons. The fourth-order valence-electron chi connectivity index (χ4n) is 3.01. The molecule has 2 rings (SSSR count). The van der Waals surface area contributed by atoms with E-state index >= 15 is 0 Å². The van der Waals surface area contributed by atoms with E-state index in [1.165, 1.54) is 49.5 Å². The molecule has 1 aliphatic carbocycles. The number of nitrogens with one attached hydrogen (secondary N) is 1. The van der Waals surface area contributed by atoms with Gasteiger partial charge in [-0.3, -0.25) is 0 Å². The van der Waals surface area contributed by atoms with Crippen molar-refractivity contribution in [2.75, 3.05) is 13.1 Å². The first-order chi connectivity index (χ1) is 8.83. The Hall–Kier alpha value is 0.140. The Bertz CT molecular complexity index is 350. The minimum atomic E-state index is 0.770. The molecule has 1 nitrogen and oxygen atoms in total. The third-order valence-electron chi connectivity index (χ3n) is 3.97. The fourth-order valence-corrected chi connectivity index (χ4v) is 4.91. The van der Waals surface area contributed by atoms with Crippen LogP contribution in [0.15, 0.2) is 15.9 Å². The SMILES string of the molecule is CCCNCC1CCCCCC1c1sccc1Br. The second-order valence-corrected chi connectivity index (χ2v) is 7.14. The van der Waals surface area contributed by atoms with Gasteiger partial charge < -0.3 is 5.32 Å². The minimum Gasteiger partial charge on any atom is -0.316 e. The lowest BCUT2D eigenvalue weighted by molar-refractivity contribution is 0.379. The summed E-state index contributed by atoms with van der Waals surface area (Å²) in [4.78, 5) is 1.58. The van der Waals surface area contributed by atoms with Crippen LogP contribution in [0.2, 0.25) is 0 Å². The maximum atomic E-state index is 3.73. The Morgan fingerprint density at radius 3 is 2.89 bits per heavy atom. The largest absolute Gasteiger partial charge is 0.316 e. The molecular formula is C15H24BrNS. The summed E-state index contributed by atoms with van der Waals surface area (Å²) in [5.74, 6) is 1.60. The van der Waals surface area contributed by atoms with E-state index in [-0.39, 0.29) is 0 Å². The molecule has 1 aliphatic rings. The molecule has 0 bridgehead atoms. The van der Waals surface area contributed by atoms with Gasteiger partial charge in [-0.05, 0) is 71.6 Å². The predicted molar refractivity (Wildman–Crippen MR) is 84.5 cm³/mol. The van der Waals surface area contributed by atoms with E-state index in [2.05, 4.69) is 39.6 Å². The van der Waals surface area contributed by atoms with Gasteiger partial charge in [-0.15, -0.1) is 11.3 Å². The van der Waals surface area contributed by atoms with Crippen molar-refractivity contribution in [3.8, 4) is 0 Å². The topological polar surface area (TPSA) is 12.0 Å². The molecule has 1 heterocycles. The van der Waals surface area contributed by atoms with Crippen molar-refractivity contribution in [2.45, 2.75) is 51.4 Å².